The fourth-order valence-corrected chi connectivity index (χ4v) is 2.43. The minimum Gasteiger partial charge on any atom is -0.355 e. The van der Waals surface area contributed by atoms with Crippen LogP contribution < -0.4 is 10.6 Å². The Morgan fingerprint density at radius 2 is 2.14 bits per heavy atom. The molecule has 2 heterocycles. The van der Waals surface area contributed by atoms with E-state index in [1.807, 2.05) is 6.92 Å². The van der Waals surface area contributed by atoms with Crippen LogP contribution in [-0.4, -0.2) is 28.0 Å². The van der Waals surface area contributed by atoms with E-state index in [1.54, 1.807) is 0 Å². The van der Waals surface area contributed by atoms with Gasteiger partial charge < -0.3 is 10.6 Å². The molecule has 1 fully saturated rings. The summed E-state index contributed by atoms with van der Waals surface area (Å²) in [5.41, 5.74) is 0.192. The number of anilines is 1. The standard InChI is InChI=1S/C9H16N4S/c1-7-11-8(14-13-7)12-9(2)3-5-10-6-4-9/h10H,3-6H2,1-2H3,(H,11,12,13). The number of hydrogen-bond acceptors (Lipinski definition) is 5. The van der Waals surface area contributed by atoms with Crippen LogP contribution in [0.3, 0.4) is 0 Å². The van der Waals surface area contributed by atoms with Gasteiger partial charge >= 0.3 is 0 Å². The van der Waals surface area contributed by atoms with Crippen LogP contribution in [0, 0.1) is 6.92 Å². The molecule has 2 N–H and O–H groups in total. The van der Waals surface area contributed by atoms with E-state index in [0.717, 1.165) is 36.9 Å². The lowest BCUT2D eigenvalue weighted by Crippen LogP contribution is -2.45. The molecule has 0 saturated carbocycles. The summed E-state index contributed by atoms with van der Waals surface area (Å²) >= 11 is 1.45. The van der Waals surface area contributed by atoms with E-state index in [9.17, 15) is 0 Å². The molecule has 0 atom stereocenters. The highest BCUT2D eigenvalue weighted by Crippen LogP contribution is 2.24. The van der Waals surface area contributed by atoms with E-state index in [1.165, 1.54) is 11.5 Å². The van der Waals surface area contributed by atoms with Gasteiger partial charge in [-0.15, -0.1) is 0 Å². The largest absolute Gasteiger partial charge is 0.355 e. The molecule has 1 aliphatic rings. The molecule has 5 heteroatoms. The smallest absolute Gasteiger partial charge is 0.202 e. The molecule has 0 radical (unpaired) electrons. The number of nitrogens with zero attached hydrogens (tertiary/aromatic N) is 2. The van der Waals surface area contributed by atoms with Crippen LogP contribution in [0.15, 0.2) is 0 Å². The van der Waals surface area contributed by atoms with Crippen molar-refractivity contribution in [2.45, 2.75) is 32.2 Å². The molecule has 0 amide bonds. The zero-order chi connectivity index (χ0) is 10.0. The zero-order valence-corrected chi connectivity index (χ0v) is 9.45. The normalized spacial score (nSPS) is 20.7. The lowest BCUT2D eigenvalue weighted by Gasteiger charge is -2.34. The van der Waals surface area contributed by atoms with Gasteiger partial charge in [0.15, 0.2) is 0 Å². The summed E-state index contributed by atoms with van der Waals surface area (Å²) in [6.07, 6.45) is 2.29. The van der Waals surface area contributed by atoms with Crippen molar-refractivity contribution in [1.82, 2.24) is 14.7 Å². The second-order valence-corrected chi connectivity index (χ2v) is 4.83. The van der Waals surface area contributed by atoms with Crippen LogP contribution in [0.4, 0.5) is 5.13 Å². The number of aromatic nitrogens is 2. The van der Waals surface area contributed by atoms with Crippen molar-refractivity contribution in [3.05, 3.63) is 5.82 Å². The van der Waals surface area contributed by atoms with E-state index in [-0.39, 0.29) is 5.54 Å². The fraction of sp³-hybridized carbons (Fsp3) is 0.778. The summed E-state index contributed by atoms with van der Waals surface area (Å²) in [5, 5.41) is 7.79. The van der Waals surface area contributed by atoms with Crippen LogP contribution in [0.2, 0.25) is 0 Å². The molecule has 78 valence electrons. The van der Waals surface area contributed by atoms with E-state index in [2.05, 4.69) is 26.9 Å². The molecular weight excluding hydrogens is 196 g/mol. The molecule has 0 aromatic carbocycles. The van der Waals surface area contributed by atoms with Crippen molar-refractivity contribution in [2.75, 3.05) is 18.4 Å². The Balaban J connectivity index is 2.01. The van der Waals surface area contributed by atoms with Crippen LogP contribution in [0.1, 0.15) is 25.6 Å². The molecule has 0 bridgehead atoms. The molecule has 1 saturated heterocycles. The van der Waals surface area contributed by atoms with Crippen molar-refractivity contribution in [1.29, 1.82) is 0 Å². The summed E-state index contributed by atoms with van der Waals surface area (Å²) in [5.74, 6) is 0.857. The van der Waals surface area contributed by atoms with Gasteiger partial charge in [0, 0.05) is 17.1 Å². The Labute approximate surface area is 88.3 Å². The van der Waals surface area contributed by atoms with Crippen LogP contribution in [-0.2, 0) is 0 Å². The molecule has 1 aromatic heterocycles. The lowest BCUT2D eigenvalue weighted by molar-refractivity contribution is 0.365. The Morgan fingerprint density at radius 1 is 1.43 bits per heavy atom. The number of nitrogens with one attached hydrogen (secondary N) is 2. The molecule has 0 spiro atoms. The topological polar surface area (TPSA) is 49.8 Å². The Bertz CT molecular complexity index is 304. The average Bonchev–Trinajstić information content (AvgIpc) is 2.51. The van der Waals surface area contributed by atoms with Gasteiger partial charge in [-0.05, 0) is 39.8 Å². The zero-order valence-electron chi connectivity index (χ0n) is 8.63. The maximum Gasteiger partial charge on any atom is 0.202 e. The highest BCUT2D eigenvalue weighted by molar-refractivity contribution is 7.09. The van der Waals surface area contributed by atoms with Gasteiger partial charge in [-0.3, -0.25) is 0 Å². The van der Waals surface area contributed by atoms with E-state index in [0.29, 0.717) is 0 Å². The minimum atomic E-state index is 0.192. The first kappa shape index (κ1) is 9.86. The van der Waals surface area contributed by atoms with Crippen LogP contribution >= 0.6 is 11.5 Å². The van der Waals surface area contributed by atoms with Gasteiger partial charge in [0.05, 0.1) is 0 Å². The van der Waals surface area contributed by atoms with Gasteiger partial charge in [-0.25, -0.2) is 4.98 Å². The highest BCUT2D eigenvalue weighted by Gasteiger charge is 2.27. The van der Waals surface area contributed by atoms with Gasteiger partial charge in [-0.2, -0.15) is 4.37 Å². The Hall–Kier alpha value is -0.680. The van der Waals surface area contributed by atoms with E-state index in [4.69, 9.17) is 0 Å². The van der Waals surface area contributed by atoms with Crippen molar-refractivity contribution in [2.24, 2.45) is 0 Å². The second-order valence-electron chi connectivity index (χ2n) is 4.08. The molecule has 0 aliphatic carbocycles. The molecule has 4 nitrogen and oxygen atoms in total. The third-order valence-electron chi connectivity index (χ3n) is 2.64. The fourth-order valence-electron chi connectivity index (χ4n) is 1.71. The maximum absolute atomic E-state index is 4.33. The Morgan fingerprint density at radius 3 is 2.71 bits per heavy atom. The molecule has 14 heavy (non-hydrogen) atoms. The molecular formula is C9H16N4S. The SMILES string of the molecule is Cc1nsc(NC2(C)CCNCC2)n1. The summed E-state index contributed by atoms with van der Waals surface area (Å²) in [4.78, 5) is 4.33. The first-order valence-electron chi connectivity index (χ1n) is 4.97. The van der Waals surface area contributed by atoms with Gasteiger partial charge in [0.25, 0.3) is 0 Å². The van der Waals surface area contributed by atoms with Gasteiger partial charge in [-0.1, -0.05) is 0 Å². The van der Waals surface area contributed by atoms with E-state index < -0.39 is 0 Å². The van der Waals surface area contributed by atoms with Gasteiger partial charge in [0.1, 0.15) is 5.82 Å². The molecule has 1 aromatic rings. The Kier molecular flexibility index (Phi) is 2.69. The monoisotopic (exact) mass is 212 g/mol. The highest BCUT2D eigenvalue weighted by atomic mass is 32.1. The first-order chi connectivity index (χ1) is 6.68. The third-order valence-corrected chi connectivity index (χ3v) is 3.37. The number of aryl methyl sites for hydroxylation is 1. The lowest BCUT2D eigenvalue weighted by atomic mass is 9.91. The summed E-state index contributed by atoms with van der Waals surface area (Å²) < 4.78 is 4.17. The molecule has 2 rings (SSSR count). The van der Waals surface area contributed by atoms with Gasteiger partial charge in [0.2, 0.25) is 5.13 Å². The number of piperidine rings is 1. The predicted molar refractivity (Wildman–Crippen MR) is 58.8 cm³/mol. The van der Waals surface area contributed by atoms with Crippen molar-refractivity contribution < 1.29 is 0 Å². The molecule has 1 aliphatic heterocycles. The minimum absolute atomic E-state index is 0.192. The van der Waals surface area contributed by atoms with Crippen LogP contribution in [0.25, 0.3) is 0 Å². The average molecular weight is 212 g/mol. The molecule has 0 unspecified atom stereocenters. The summed E-state index contributed by atoms with van der Waals surface area (Å²) in [6, 6.07) is 0. The predicted octanol–water partition coefficient (Wildman–Crippen LogP) is 1.40. The number of hydrogen-bond donors (Lipinski definition) is 2. The van der Waals surface area contributed by atoms with Crippen molar-refractivity contribution in [3.63, 3.8) is 0 Å². The second kappa shape index (κ2) is 3.82. The van der Waals surface area contributed by atoms with Crippen molar-refractivity contribution >= 4 is 16.7 Å². The first-order valence-corrected chi connectivity index (χ1v) is 5.75. The quantitative estimate of drug-likeness (QED) is 0.778. The van der Waals surface area contributed by atoms with Crippen molar-refractivity contribution in [3.8, 4) is 0 Å². The third kappa shape index (κ3) is 2.22. The summed E-state index contributed by atoms with van der Waals surface area (Å²) in [6.45, 7) is 6.35. The van der Waals surface area contributed by atoms with Crippen LogP contribution in [0.5, 0.6) is 0 Å². The maximum atomic E-state index is 4.33. The van der Waals surface area contributed by atoms with E-state index >= 15 is 0 Å². The number of rotatable bonds is 2. The summed E-state index contributed by atoms with van der Waals surface area (Å²) in [7, 11) is 0.